The second kappa shape index (κ2) is 55.2. The zero-order valence-electron chi connectivity index (χ0n) is 68.3. The summed E-state index contributed by atoms with van der Waals surface area (Å²) >= 11 is 0. The zero-order chi connectivity index (χ0) is 88.7. The third-order valence-electron chi connectivity index (χ3n) is 16.9. The Morgan fingerprint density at radius 3 is 0.597 bits per heavy atom. The third kappa shape index (κ3) is 33.8. The summed E-state index contributed by atoms with van der Waals surface area (Å²) in [6.45, 7) is 3.16. The van der Waals surface area contributed by atoms with E-state index in [0.29, 0.717) is 89.3 Å². The van der Waals surface area contributed by atoms with Crippen LogP contribution >= 0.6 is 0 Å². The number of carbonyl (C=O) groups excluding carboxylic acids is 3. The fourth-order valence-electron chi connectivity index (χ4n) is 10.5. The number of Topliss-reactive ketones (excluding diaryl/α,β-unsaturated/α-hetero) is 3. The molecule has 0 amide bonds. The van der Waals surface area contributed by atoms with Crippen LogP contribution in [0.4, 0.5) is 17.8 Å². The minimum Gasteiger partial charge on any atom is -0.507 e. The normalized spacial score (nSPS) is 11.5. The maximum Gasteiger partial charge on any atom is 0.304 e. The first-order valence-corrected chi connectivity index (χ1v) is 38.4. The molecule has 0 aliphatic rings. The van der Waals surface area contributed by atoms with Crippen molar-refractivity contribution < 1.29 is 127 Å². The number of benzene rings is 12. The molecule has 30 nitrogen and oxygen atoms in total. The average molecular weight is 1840 g/mol. The Bertz CT molecular complexity index is 5380. The fraction of sp³-hybridized carbons (Fsp3) is 0.0625. The fourth-order valence-corrected chi connectivity index (χ4v) is 10.5. The van der Waals surface area contributed by atoms with Gasteiger partial charge in [-0.3, -0.25) is 44.3 Å². The number of nitrogens with zero attached hydrogens (tertiary/aromatic N) is 15. The predicted octanol–water partition coefficient (Wildman–Crippen LogP) is 16.2. The van der Waals surface area contributed by atoms with Crippen molar-refractivity contribution in [3.05, 3.63) is 376 Å². The molecular formula is C96H81Cr3N15O15. The maximum atomic E-state index is 12.7. The van der Waals surface area contributed by atoms with Crippen LogP contribution in [0.25, 0.3) is 0 Å². The Balaban J connectivity index is 0.000000290. The van der Waals surface area contributed by atoms with Gasteiger partial charge in [0.2, 0.25) is 0 Å². The number of aromatic hydroxyl groups is 6. The Hall–Kier alpha value is -16.1. The van der Waals surface area contributed by atoms with Gasteiger partial charge in [-0.2, -0.15) is 15.0 Å². The van der Waals surface area contributed by atoms with E-state index in [1.165, 1.54) is 18.6 Å². The molecule has 13 aromatic rings. The van der Waals surface area contributed by atoms with Gasteiger partial charge in [-0.25, -0.2) is 15.0 Å². The number of para-hydroxylation sites is 6. The third-order valence-corrected chi connectivity index (χ3v) is 16.9. The first-order chi connectivity index (χ1) is 61.6. The van der Waals surface area contributed by atoms with Crippen LogP contribution in [0, 0.1) is 0 Å². The summed E-state index contributed by atoms with van der Waals surface area (Å²) in [5.74, 6) is -1.55. The Morgan fingerprint density at radius 2 is 0.419 bits per heavy atom. The first kappa shape index (κ1) is 100.0. The SMILES string of the molecule is O=C(/C(=N\O)Oc1ccc(/C=N/c2nc(/N=C/c3ccc(O/C(=N/O)C(=O)c4ccccc4)cc3)nc(/N=C/c3ccc(O/C(=N/O)C(=O)c4ccccc4)cc3)n2)cc1)c1ccccc1.Oc1ccccc1C=NCCN=Cc1ccccc1O.Oc1ccccc1C=NCCN=Cc1ccccc1O.Oc1ccccc1C=NCCN=Cc1ccccc1O.[Cr].[Cr].[Cr]. The number of ketones is 3. The van der Waals surface area contributed by atoms with Gasteiger partial charge in [0.1, 0.15) is 51.7 Å². The van der Waals surface area contributed by atoms with E-state index in [-0.39, 0.29) is 138 Å². The Labute approximate surface area is 773 Å². The van der Waals surface area contributed by atoms with E-state index >= 15 is 0 Å². The van der Waals surface area contributed by atoms with E-state index in [4.69, 9.17) is 14.2 Å². The van der Waals surface area contributed by atoms with Gasteiger partial charge in [-0.1, -0.05) is 164 Å². The molecule has 0 aliphatic carbocycles. The van der Waals surface area contributed by atoms with Gasteiger partial charge < -0.3 is 60.5 Å². The number of rotatable bonds is 30. The second-order valence-corrected chi connectivity index (χ2v) is 25.9. The van der Waals surface area contributed by atoms with Gasteiger partial charge in [0.25, 0.3) is 35.2 Å². The number of aromatic nitrogens is 3. The summed E-state index contributed by atoms with van der Waals surface area (Å²) in [5, 5.41) is 94.7. The van der Waals surface area contributed by atoms with Crippen molar-refractivity contribution in [2.75, 3.05) is 39.3 Å². The summed E-state index contributed by atoms with van der Waals surface area (Å²) < 4.78 is 16.6. The van der Waals surface area contributed by atoms with E-state index < -0.39 is 35.0 Å². The van der Waals surface area contributed by atoms with Gasteiger partial charge >= 0.3 is 17.7 Å². The van der Waals surface area contributed by atoms with Crippen LogP contribution in [0.5, 0.6) is 51.7 Å². The van der Waals surface area contributed by atoms with Gasteiger partial charge in [0.05, 0.1) is 39.3 Å². The molecule has 0 radical (unpaired) electrons. The molecule has 12 aromatic carbocycles. The number of ether oxygens (including phenoxy) is 3. The van der Waals surface area contributed by atoms with Crippen molar-refractivity contribution in [1.29, 1.82) is 0 Å². The smallest absolute Gasteiger partial charge is 0.304 e. The zero-order valence-corrected chi connectivity index (χ0v) is 72.1. The molecule has 0 aliphatic heterocycles. The molecule has 0 unspecified atom stereocenters. The van der Waals surface area contributed by atoms with Gasteiger partial charge in [0, 0.05) is 158 Å². The molecule has 13 rings (SSSR count). The standard InChI is InChI=1S/C48H33N9O9.3C16H16N2O2.3Cr/c58-40(34-10-4-1-5-11-34)43(55-61)64-37-22-16-31(17-23-37)28-49-46-52-47(50-29-32-18-24-38(25-19-32)65-44(56-62)41(59)35-12-6-2-7-13-35)54-48(53-46)51-30-33-20-26-39(27-21-33)66-45(57-63)42(60)36-14-8-3-9-15-36;3*19-15-7-3-1-5-13(15)11-17-9-10-18-12-14-6-2-4-8-16(14)20;;;/h1-30,61-63H;3*1-8,11-12,19-20H,9-10H2;;;/b49-28+,50-29+,51-30+,55-43+,56-44+,57-45+;;;;;;. The number of oxime groups is 3. The average Bonchev–Trinajstić information content (AvgIpc) is 0.823. The second-order valence-electron chi connectivity index (χ2n) is 25.9. The molecule has 0 atom stereocenters. The quantitative estimate of drug-likeness (QED) is 0.00504. The van der Waals surface area contributed by atoms with Crippen LogP contribution in [0.1, 0.15) is 81.1 Å². The molecule has 0 saturated carbocycles. The number of aliphatic imine (C=N–C) groups is 9. The predicted molar refractivity (Wildman–Crippen MR) is 486 cm³/mol. The number of hydrogen-bond donors (Lipinski definition) is 9. The van der Waals surface area contributed by atoms with E-state index in [1.807, 2.05) is 36.4 Å². The van der Waals surface area contributed by atoms with Gasteiger partial charge in [-0.05, 0) is 178 Å². The summed E-state index contributed by atoms with van der Waals surface area (Å²) in [5.41, 5.74) is 6.75. The summed E-state index contributed by atoms with van der Waals surface area (Å²) in [6.07, 6.45) is 14.2. The molecule has 1 aromatic heterocycles. The van der Waals surface area contributed by atoms with Crippen LogP contribution in [-0.4, -0.2) is 191 Å². The maximum absolute atomic E-state index is 12.7. The topological polar surface area (TPSA) is 448 Å². The van der Waals surface area contributed by atoms with Gasteiger partial charge in [-0.15, -0.1) is 0 Å². The molecule has 9 N–H and O–H groups in total. The van der Waals surface area contributed by atoms with Crippen LogP contribution in [-0.2, 0) is 52.1 Å². The Morgan fingerprint density at radius 1 is 0.240 bits per heavy atom. The number of phenolic OH excluding ortho intramolecular Hbond substituents is 6. The van der Waals surface area contributed by atoms with Crippen LogP contribution in [0.3, 0.4) is 0 Å². The first-order valence-electron chi connectivity index (χ1n) is 38.4. The molecule has 648 valence electrons. The minimum absolute atomic E-state index is 0. The number of hydrogen-bond acceptors (Lipinski definition) is 30. The van der Waals surface area contributed by atoms with Crippen molar-refractivity contribution in [1.82, 2.24) is 15.0 Å². The molecule has 129 heavy (non-hydrogen) atoms. The monoisotopic (exact) mass is 1840 g/mol. The molecule has 0 spiro atoms. The summed E-state index contributed by atoms with van der Waals surface area (Å²) in [4.78, 5) is 89.6. The van der Waals surface area contributed by atoms with Crippen molar-refractivity contribution >= 4 is 109 Å². The van der Waals surface area contributed by atoms with Crippen LogP contribution < -0.4 is 14.2 Å². The molecular weight excluding hydrogens is 1760 g/mol. The number of carbonyl (C=O) groups is 3. The van der Waals surface area contributed by atoms with Crippen molar-refractivity contribution in [3.8, 4) is 51.7 Å². The van der Waals surface area contributed by atoms with Gasteiger partial charge in [0.15, 0.2) is 0 Å². The van der Waals surface area contributed by atoms with Crippen LogP contribution in [0.2, 0.25) is 0 Å². The summed E-state index contributed by atoms with van der Waals surface area (Å²) in [6, 6.07) is 86.0. The van der Waals surface area contributed by atoms with E-state index in [2.05, 4.69) is 75.4 Å². The minimum atomic E-state index is -0.606. The van der Waals surface area contributed by atoms with Crippen molar-refractivity contribution in [2.45, 2.75) is 0 Å². The molecule has 33 heteroatoms. The summed E-state index contributed by atoms with van der Waals surface area (Å²) in [7, 11) is 0. The van der Waals surface area contributed by atoms with E-state index in [0.717, 1.165) is 0 Å². The number of phenols is 6. The largest absolute Gasteiger partial charge is 0.507 e. The molecule has 0 bridgehead atoms. The molecule has 1 heterocycles. The van der Waals surface area contributed by atoms with E-state index in [9.17, 15) is 60.6 Å². The van der Waals surface area contributed by atoms with Crippen LogP contribution in [0.15, 0.2) is 370 Å². The Kier molecular flexibility index (Phi) is 42.8. The molecule has 0 saturated heterocycles. The van der Waals surface area contributed by atoms with Crippen molar-refractivity contribution in [2.24, 2.45) is 60.4 Å². The molecule has 0 fully saturated rings. The van der Waals surface area contributed by atoms with E-state index in [1.54, 1.807) is 310 Å². The van der Waals surface area contributed by atoms with Crippen molar-refractivity contribution in [3.63, 3.8) is 0 Å².